The zero-order valence-electron chi connectivity index (χ0n) is 11.6. The average molecular weight is 335 g/mol. The molecule has 0 saturated heterocycles. The first-order valence-corrected chi connectivity index (χ1v) is 8.24. The molecule has 0 amide bonds. The Bertz CT molecular complexity index is 882. The van der Waals surface area contributed by atoms with Gasteiger partial charge in [-0.2, -0.15) is 0 Å². The molecule has 112 valence electrons. The predicted molar refractivity (Wildman–Crippen MR) is 85.7 cm³/mol. The van der Waals surface area contributed by atoms with Crippen LogP contribution in [-0.2, 0) is 11.3 Å². The number of Topliss-reactive ketones (excluding diaryl/α,β-unsaturated/α-hetero) is 1. The van der Waals surface area contributed by atoms with Gasteiger partial charge in [-0.05, 0) is 31.0 Å². The van der Waals surface area contributed by atoms with Crippen LogP contribution in [0.4, 0.5) is 4.39 Å². The van der Waals surface area contributed by atoms with Crippen LogP contribution in [0.15, 0.2) is 30.6 Å². The fraction of sp³-hybridized carbons (Fsp3) is 0.250. The van der Waals surface area contributed by atoms with Gasteiger partial charge >= 0.3 is 0 Å². The van der Waals surface area contributed by atoms with Crippen molar-refractivity contribution < 1.29 is 9.18 Å². The van der Waals surface area contributed by atoms with E-state index in [9.17, 15) is 9.18 Å². The Balaban J connectivity index is 1.77. The van der Waals surface area contributed by atoms with Crippen molar-refractivity contribution in [3.8, 4) is 10.4 Å². The van der Waals surface area contributed by atoms with E-state index < -0.39 is 5.82 Å². The van der Waals surface area contributed by atoms with Crippen LogP contribution in [0.5, 0.6) is 0 Å². The summed E-state index contributed by atoms with van der Waals surface area (Å²) >= 11 is 7.41. The van der Waals surface area contributed by atoms with E-state index in [-0.39, 0.29) is 18.2 Å². The van der Waals surface area contributed by atoms with Crippen molar-refractivity contribution in [2.75, 3.05) is 0 Å². The second kappa shape index (κ2) is 5.18. The first-order chi connectivity index (χ1) is 10.6. The van der Waals surface area contributed by atoms with Gasteiger partial charge < -0.3 is 4.57 Å². The SMILES string of the molecule is O=C(Cn1cc(F)c2ncc(-c3ccc(Cl)s3)cc21)C1CC1. The van der Waals surface area contributed by atoms with Crippen LogP contribution >= 0.6 is 22.9 Å². The summed E-state index contributed by atoms with van der Waals surface area (Å²) in [5.74, 6) is -0.0661. The first-order valence-electron chi connectivity index (χ1n) is 7.04. The number of rotatable bonds is 4. The van der Waals surface area contributed by atoms with Gasteiger partial charge in [0.1, 0.15) is 5.52 Å². The third kappa shape index (κ3) is 2.44. The number of pyridine rings is 1. The highest BCUT2D eigenvalue weighted by Crippen LogP contribution is 2.34. The third-order valence-electron chi connectivity index (χ3n) is 3.89. The quantitative estimate of drug-likeness (QED) is 0.702. The molecule has 3 aromatic rings. The molecule has 3 aromatic heterocycles. The number of hydrogen-bond donors (Lipinski definition) is 0. The lowest BCUT2D eigenvalue weighted by Crippen LogP contribution is -2.10. The van der Waals surface area contributed by atoms with Crippen molar-refractivity contribution >= 4 is 39.8 Å². The lowest BCUT2D eigenvalue weighted by Gasteiger charge is -2.04. The highest BCUT2D eigenvalue weighted by atomic mass is 35.5. The van der Waals surface area contributed by atoms with E-state index in [0.717, 1.165) is 23.3 Å². The van der Waals surface area contributed by atoms with Crippen LogP contribution in [0.3, 0.4) is 0 Å². The van der Waals surface area contributed by atoms with Gasteiger partial charge in [0, 0.05) is 28.8 Å². The summed E-state index contributed by atoms with van der Waals surface area (Å²) in [6.45, 7) is 0.210. The minimum atomic E-state index is -0.394. The number of thiophene rings is 1. The molecular formula is C16H12ClFN2OS. The van der Waals surface area contributed by atoms with Gasteiger partial charge in [0.2, 0.25) is 0 Å². The summed E-state index contributed by atoms with van der Waals surface area (Å²) in [6.07, 6.45) is 4.92. The van der Waals surface area contributed by atoms with Gasteiger partial charge in [0.05, 0.1) is 16.4 Å². The molecule has 0 aliphatic heterocycles. The number of nitrogens with zero attached hydrogens (tertiary/aromatic N) is 2. The molecule has 1 aliphatic rings. The van der Waals surface area contributed by atoms with Crippen molar-refractivity contribution in [3.63, 3.8) is 0 Å². The first kappa shape index (κ1) is 13.9. The standard InChI is InChI=1S/C16H12ClFN2OS/c17-15-4-3-14(22-15)10-5-12-16(19-6-10)11(18)7-20(12)8-13(21)9-1-2-9/h3-7,9H,1-2,8H2. The minimum absolute atomic E-state index is 0.160. The molecule has 6 heteroatoms. The lowest BCUT2D eigenvalue weighted by atomic mass is 10.2. The molecule has 0 bridgehead atoms. The molecule has 0 atom stereocenters. The summed E-state index contributed by atoms with van der Waals surface area (Å²) in [5, 5.41) is 0. The maximum absolute atomic E-state index is 14.0. The Hall–Kier alpha value is -1.72. The van der Waals surface area contributed by atoms with Gasteiger partial charge in [-0.15, -0.1) is 11.3 Å². The molecule has 1 saturated carbocycles. The predicted octanol–water partition coefficient (Wildman–Crippen LogP) is 4.54. The van der Waals surface area contributed by atoms with E-state index in [0.29, 0.717) is 15.4 Å². The van der Waals surface area contributed by atoms with Gasteiger partial charge in [0.15, 0.2) is 11.6 Å². The zero-order chi connectivity index (χ0) is 15.3. The monoisotopic (exact) mass is 334 g/mol. The summed E-state index contributed by atoms with van der Waals surface area (Å²) in [4.78, 5) is 17.2. The lowest BCUT2D eigenvalue weighted by molar-refractivity contribution is -0.120. The van der Waals surface area contributed by atoms with E-state index in [2.05, 4.69) is 4.98 Å². The number of fused-ring (bicyclic) bond motifs is 1. The highest BCUT2D eigenvalue weighted by molar-refractivity contribution is 7.19. The molecule has 0 radical (unpaired) electrons. The number of carbonyl (C=O) groups excluding carboxylic acids is 1. The van der Waals surface area contributed by atoms with Crippen molar-refractivity contribution in [3.05, 3.63) is 40.7 Å². The van der Waals surface area contributed by atoms with E-state index in [4.69, 9.17) is 11.6 Å². The van der Waals surface area contributed by atoms with Crippen LogP contribution in [0.1, 0.15) is 12.8 Å². The van der Waals surface area contributed by atoms with Crippen LogP contribution in [-0.4, -0.2) is 15.3 Å². The topological polar surface area (TPSA) is 34.9 Å². The molecule has 1 aliphatic carbocycles. The Morgan fingerprint density at radius 3 is 2.95 bits per heavy atom. The highest BCUT2D eigenvalue weighted by Gasteiger charge is 2.29. The largest absolute Gasteiger partial charge is 0.336 e. The van der Waals surface area contributed by atoms with E-state index >= 15 is 0 Å². The van der Waals surface area contributed by atoms with E-state index in [1.165, 1.54) is 17.5 Å². The number of aromatic nitrogens is 2. The Morgan fingerprint density at radius 2 is 2.27 bits per heavy atom. The maximum Gasteiger partial charge on any atom is 0.167 e. The van der Waals surface area contributed by atoms with Crippen molar-refractivity contribution in [2.24, 2.45) is 5.92 Å². The van der Waals surface area contributed by atoms with Gasteiger partial charge in [-0.25, -0.2) is 4.39 Å². The summed E-state index contributed by atoms with van der Waals surface area (Å²) in [7, 11) is 0. The number of halogens is 2. The molecule has 0 aromatic carbocycles. The van der Waals surface area contributed by atoms with E-state index in [1.54, 1.807) is 10.8 Å². The molecular weight excluding hydrogens is 323 g/mol. The van der Waals surface area contributed by atoms with Gasteiger partial charge in [-0.1, -0.05) is 11.6 Å². The Kier molecular flexibility index (Phi) is 3.27. The summed E-state index contributed by atoms with van der Waals surface area (Å²) in [5.41, 5.74) is 1.83. The second-order valence-electron chi connectivity index (χ2n) is 5.54. The maximum atomic E-state index is 14.0. The Labute approximate surface area is 135 Å². The van der Waals surface area contributed by atoms with Crippen molar-refractivity contribution in [1.82, 2.24) is 9.55 Å². The van der Waals surface area contributed by atoms with E-state index in [1.807, 2.05) is 18.2 Å². The van der Waals surface area contributed by atoms with Crippen LogP contribution in [0, 0.1) is 11.7 Å². The molecule has 0 N–H and O–H groups in total. The fourth-order valence-electron chi connectivity index (χ4n) is 2.56. The molecule has 4 rings (SSSR count). The Morgan fingerprint density at radius 1 is 1.45 bits per heavy atom. The van der Waals surface area contributed by atoms with Crippen LogP contribution in [0.25, 0.3) is 21.5 Å². The summed E-state index contributed by atoms with van der Waals surface area (Å²) in [6, 6.07) is 5.60. The van der Waals surface area contributed by atoms with Crippen molar-refractivity contribution in [2.45, 2.75) is 19.4 Å². The normalized spacial score (nSPS) is 14.6. The molecule has 22 heavy (non-hydrogen) atoms. The number of ketones is 1. The minimum Gasteiger partial charge on any atom is -0.336 e. The van der Waals surface area contributed by atoms with Gasteiger partial charge in [-0.3, -0.25) is 9.78 Å². The third-order valence-corrected chi connectivity index (χ3v) is 5.17. The second-order valence-corrected chi connectivity index (χ2v) is 7.26. The zero-order valence-corrected chi connectivity index (χ0v) is 13.1. The van der Waals surface area contributed by atoms with Crippen LogP contribution < -0.4 is 0 Å². The van der Waals surface area contributed by atoms with Gasteiger partial charge in [0.25, 0.3) is 0 Å². The molecule has 3 heterocycles. The average Bonchev–Trinajstić information content (AvgIpc) is 3.21. The molecule has 0 spiro atoms. The summed E-state index contributed by atoms with van der Waals surface area (Å²) < 4.78 is 16.4. The smallest absolute Gasteiger partial charge is 0.167 e. The fourth-order valence-corrected chi connectivity index (χ4v) is 3.58. The number of hydrogen-bond acceptors (Lipinski definition) is 3. The molecule has 0 unspecified atom stereocenters. The van der Waals surface area contributed by atoms with Crippen LogP contribution in [0.2, 0.25) is 4.34 Å². The van der Waals surface area contributed by atoms with Crippen molar-refractivity contribution in [1.29, 1.82) is 0 Å². The number of carbonyl (C=O) groups is 1. The molecule has 1 fully saturated rings. The molecule has 3 nitrogen and oxygen atoms in total.